The molecule has 0 aliphatic carbocycles. The zero-order valence-corrected chi connectivity index (χ0v) is 25.6. The summed E-state index contributed by atoms with van der Waals surface area (Å²) in [5.41, 5.74) is 3.34. The molecule has 1 atom stereocenters. The molecule has 0 spiro atoms. The normalized spacial score (nSPS) is 12.0. The van der Waals surface area contributed by atoms with E-state index in [9.17, 15) is 18.0 Å². The smallest absolute Gasteiger partial charge is 0.243 e. The van der Waals surface area contributed by atoms with E-state index in [4.69, 9.17) is 11.6 Å². The number of sulfonamides is 1. The maximum atomic E-state index is 13.9. The highest BCUT2D eigenvalue weighted by Gasteiger charge is 2.30. The number of carbonyl (C=O) groups is 2. The van der Waals surface area contributed by atoms with E-state index in [-0.39, 0.29) is 37.7 Å². The summed E-state index contributed by atoms with van der Waals surface area (Å²) in [6.45, 7) is 4.81. The molecular weight excluding hydrogens is 558 g/mol. The van der Waals surface area contributed by atoms with Crippen molar-refractivity contribution in [1.82, 2.24) is 10.2 Å². The molecule has 0 unspecified atom stereocenters. The SMILES string of the molecule is CCCNC(=O)[C@H](Cc1ccccc1)N(Cc1ccccc1Cl)C(=O)CCCN(c1ccc(CC)cc1)S(C)(=O)=O. The molecule has 9 heteroatoms. The van der Waals surface area contributed by atoms with Crippen LogP contribution in [0, 0.1) is 0 Å². The third-order valence-corrected chi connectivity index (χ3v) is 8.47. The fourth-order valence-electron chi connectivity index (χ4n) is 4.63. The van der Waals surface area contributed by atoms with Crippen LogP contribution in [-0.4, -0.2) is 50.5 Å². The highest BCUT2D eigenvalue weighted by molar-refractivity contribution is 7.92. The lowest BCUT2D eigenvalue weighted by Gasteiger charge is -2.32. The summed E-state index contributed by atoms with van der Waals surface area (Å²) in [4.78, 5) is 28.9. The van der Waals surface area contributed by atoms with Gasteiger partial charge in [0, 0.05) is 37.5 Å². The highest BCUT2D eigenvalue weighted by atomic mass is 35.5. The molecule has 41 heavy (non-hydrogen) atoms. The van der Waals surface area contributed by atoms with Crippen LogP contribution in [0.25, 0.3) is 0 Å². The molecule has 1 N–H and O–H groups in total. The zero-order chi connectivity index (χ0) is 29.8. The lowest BCUT2D eigenvalue weighted by Crippen LogP contribution is -2.50. The second-order valence-electron chi connectivity index (χ2n) is 10.1. The third-order valence-electron chi connectivity index (χ3n) is 6.90. The molecule has 0 aliphatic heterocycles. The van der Waals surface area contributed by atoms with Crippen LogP contribution < -0.4 is 9.62 Å². The number of carbonyl (C=O) groups excluding carboxylic acids is 2. The zero-order valence-electron chi connectivity index (χ0n) is 24.1. The van der Waals surface area contributed by atoms with Crippen LogP contribution in [0.3, 0.4) is 0 Å². The largest absolute Gasteiger partial charge is 0.354 e. The van der Waals surface area contributed by atoms with Crippen molar-refractivity contribution in [1.29, 1.82) is 0 Å². The predicted molar refractivity (Wildman–Crippen MR) is 166 cm³/mol. The van der Waals surface area contributed by atoms with Gasteiger partial charge in [0.1, 0.15) is 6.04 Å². The minimum Gasteiger partial charge on any atom is -0.354 e. The molecule has 0 saturated carbocycles. The van der Waals surface area contributed by atoms with Gasteiger partial charge < -0.3 is 10.2 Å². The standard InChI is InChI=1S/C32H40ClN3O4S/c1-4-21-34-32(38)30(23-26-12-7-6-8-13-26)35(24-27-14-9-10-15-29(27)33)31(37)16-11-22-36(41(3,39)40)28-19-17-25(5-2)18-20-28/h6-10,12-15,17-20,30H,4-5,11,16,21-24H2,1-3H3,(H,34,38)/t30-/m0/s1. The average molecular weight is 598 g/mol. The first-order valence-electron chi connectivity index (χ1n) is 14.0. The number of aryl methyl sites for hydroxylation is 1. The second-order valence-corrected chi connectivity index (χ2v) is 12.4. The first-order chi connectivity index (χ1) is 19.6. The molecule has 220 valence electrons. The molecule has 0 aromatic heterocycles. The van der Waals surface area contributed by atoms with Crippen molar-refractivity contribution in [3.8, 4) is 0 Å². The van der Waals surface area contributed by atoms with E-state index >= 15 is 0 Å². The van der Waals surface area contributed by atoms with Crippen LogP contribution in [0.4, 0.5) is 5.69 Å². The van der Waals surface area contributed by atoms with E-state index in [0.717, 1.165) is 29.5 Å². The number of hydrogen-bond donors (Lipinski definition) is 1. The van der Waals surface area contributed by atoms with E-state index in [1.54, 1.807) is 23.1 Å². The minimum absolute atomic E-state index is 0.0653. The van der Waals surface area contributed by atoms with Crippen LogP contribution >= 0.6 is 11.6 Å². The Balaban J connectivity index is 1.87. The van der Waals surface area contributed by atoms with Gasteiger partial charge in [-0.2, -0.15) is 0 Å². The molecule has 3 aromatic rings. The lowest BCUT2D eigenvalue weighted by molar-refractivity contribution is -0.141. The number of benzene rings is 3. The van der Waals surface area contributed by atoms with E-state index in [0.29, 0.717) is 23.7 Å². The van der Waals surface area contributed by atoms with Gasteiger partial charge in [-0.3, -0.25) is 13.9 Å². The van der Waals surface area contributed by atoms with E-state index < -0.39 is 16.1 Å². The van der Waals surface area contributed by atoms with Crippen LogP contribution in [-0.2, 0) is 39.0 Å². The number of nitrogens with zero attached hydrogens (tertiary/aromatic N) is 2. The fraction of sp³-hybridized carbons (Fsp3) is 0.375. The molecule has 3 rings (SSSR count). The lowest BCUT2D eigenvalue weighted by atomic mass is 10.0. The summed E-state index contributed by atoms with van der Waals surface area (Å²) in [5, 5.41) is 3.47. The third kappa shape index (κ3) is 9.61. The molecule has 0 fully saturated rings. The van der Waals surface area contributed by atoms with Gasteiger partial charge in [-0.25, -0.2) is 8.42 Å². The summed E-state index contributed by atoms with van der Waals surface area (Å²) in [7, 11) is -3.56. The van der Waals surface area contributed by atoms with E-state index in [1.165, 1.54) is 10.6 Å². The minimum atomic E-state index is -3.56. The Labute approximate surface area is 249 Å². The van der Waals surface area contributed by atoms with Crippen molar-refractivity contribution < 1.29 is 18.0 Å². The Bertz CT molecular complexity index is 1380. The molecule has 0 aliphatic rings. The molecule has 0 heterocycles. The van der Waals surface area contributed by atoms with Gasteiger partial charge in [-0.15, -0.1) is 0 Å². The molecule has 2 amide bonds. The topological polar surface area (TPSA) is 86.8 Å². The fourth-order valence-corrected chi connectivity index (χ4v) is 5.79. The molecule has 0 radical (unpaired) electrons. The quantitative estimate of drug-likeness (QED) is 0.247. The Kier molecular flexibility index (Phi) is 12.2. The van der Waals surface area contributed by atoms with Gasteiger partial charge in [-0.05, 0) is 54.2 Å². The maximum Gasteiger partial charge on any atom is 0.243 e. The second kappa shape index (κ2) is 15.6. The Morgan fingerprint density at radius 1 is 0.902 bits per heavy atom. The van der Waals surface area contributed by atoms with Crippen LogP contribution in [0.15, 0.2) is 78.9 Å². The van der Waals surface area contributed by atoms with E-state index in [2.05, 4.69) is 5.32 Å². The summed E-state index contributed by atoms with van der Waals surface area (Å²) >= 11 is 6.47. The van der Waals surface area contributed by atoms with Crippen molar-refractivity contribution in [3.63, 3.8) is 0 Å². The molecular formula is C32H40ClN3O4S. The number of amides is 2. The molecule has 0 bridgehead atoms. The van der Waals surface area contributed by atoms with Gasteiger partial charge >= 0.3 is 0 Å². The summed E-state index contributed by atoms with van der Waals surface area (Å²) in [6.07, 6.45) is 3.48. The summed E-state index contributed by atoms with van der Waals surface area (Å²) < 4.78 is 26.6. The van der Waals surface area contributed by atoms with Gasteiger partial charge in [0.25, 0.3) is 0 Å². The first kappa shape index (κ1) is 32.2. The van der Waals surface area contributed by atoms with Crippen molar-refractivity contribution in [2.24, 2.45) is 0 Å². The van der Waals surface area contributed by atoms with Gasteiger partial charge in [0.15, 0.2) is 0 Å². The monoisotopic (exact) mass is 597 g/mol. The summed E-state index contributed by atoms with van der Waals surface area (Å²) in [6, 6.07) is 23.5. The van der Waals surface area contributed by atoms with Crippen molar-refractivity contribution in [2.75, 3.05) is 23.7 Å². The van der Waals surface area contributed by atoms with Crippen molar-refractivity contribution >= 4 is 39.1 Å². The van der Waals surface area contributed by atoms with E-state index in [1.807, 2.05) is 74.5 Å². The van der Waals surface area contributed by atoms with Crippen molar-refractivity contribution in [2.45, 2.75) is 58.5 Å². The van der Waals surface area contributed by atoms with Crippen LogP contribution in [0.5, 0.6) is 0 Å². The molecule has 0 saturated heterocycles. The average Bonchev–Trinajstić information content (AvgIpc) is 2.96. The van der Waals surface area contributed by atoms with Gasteiger partial charge in [0.05, 0.1) is 11.9 Å². The molecule has 3 aromatic carbocycles. The Hall–Kier alpha value is -3.36. The van der Waals surface area contributed by atoms with Crippen LogP contribution in [0.1, 0.15) is 49.8 Å². The number of rotatable bonds is 15. The number of nitrogens with one attached hydrogen (secondary N) is 1. The van der Waals surface area contributed by atoms with Gasteiger partial charge in [-0.1, -0.05) is 86.1 Å². The van der Waals surface area contributed by atoms with Gasteiger partial charge in [0.2, 0.25) is 21.8 Å². The first-order valence-corrected chi connectivity index (χ1v) is 16.3. The number of anilines is 1. The predicted octanol–water partition coefficient (Wildman–Crippen LogP) is 5.61. The molecule has 7 nitrogen and oxygen atoms in total. The highest BCUT2D eigenvalue weighted by Crippen LogP contribution is 2.23. The van der Waals surface area contributed by atoms with Crippen molar-refractivity contribution in [3.05, 3.63) is 101 Å². The summed E-state index contributed by atoms with van der Waals surface area (Å²) in [5.74, 6) is -0.475. The Morgan fingerprint density at radius 2 is 1.56 bits per heavy atom. The number of halogens is 1. The van der Waals surface area contributed by atoms with Crippen LogP contribution in [0.2, 0.25) is 5.02 Å². The maximum absolute atomic E-state index is 13.9. The number of hydrogen-bond acceptors (Lipinski definition) is 4. The Morgan fingerprint density at radius 3 is 2.17 bits per heavy atom.